The first-order chi connectivity index (χ1) is 34.2. The van der Waals surface area contributed by atoms with Gasteiger partial charge in [-0.25, -0.2) is 4.79 Å². The van der Waals surface area contributed by atoms with Crippen molar-refractivity contribution >= 4 is 35.5 Å². The molecule has 5 heterocycles. The number of likely N-dealkylation sites (tertiary alicyclic amines) is 1. The molecule has 0 aromatic heterocycles. The number of hydrogen-bond acceptors (Lipinski definition) is 24. The van der Waals surface area contributed by atoms with Crippen molar-refractivity contribution in [2.24, 2.45) is 5.41 Å². The van der Waals surface area contributed by atoms with E-state index in [2.05, 4.69) is 5.32 Å². The van der Waals surface area contributed by atoms with Crippen molar-refractivity contribution in [1.29, 1.82) is 0 Å². The van der Waals surface area contributed by atoms with Crippen molar-refractivity contribution in [3.8, 4) is 0 Å². The fourth-order valence-corrected chi connectivity index (χ4v) is 9.29. The Labute approximate surface area is 419 Å². The number of amides is 5. The van der Waals surface area contributed by atoms with E-state index < -0.39 is 147 Å². The molecule has 0 radical (unpaired) electrons. The predicted octanol–water partition coefficient (Wildman–Crippen LogP) is -8.08. The molecule has 5 rings (SSSR count). The average molecular weight is 1060 g/mol. The van der Waals surface area contributed by atoms with Crippen molar-refractivity contribution in [2.45, 2.75) is 169 Å². The summed E-state index contributed by atoms with van der Waals surface area (Å²) in [6.07, 6.45) is -22.3. The van der Waals surface area contributed by atoms with E-state index in [9.17, 15) is 90.0 Å². The smallest absolute Gasteiger partial charge is 0.333 e. The summed E-state index contributed by atoms with van der Waals surface area (Å²) in [6.45, 7) is -2.90. The Morgan fingerprint density at radius 2 is 1.10 bits per heavy atom. The second-order valence-corrected chi connectivity index (χ2v) is 18.8. The van der Waals surface area contributed by atoms with Crippen molar-refractivity contribution in [3.05, 3.63) is 0 Å². The van der Waals surface area contributed by atoms with Crippen LogP contribution in [-0.2, 0) is 57.3 Å². The first kappa shape index (κ1) is 61.8. The Hall–Kier alpha value is -3.70. The molecule has 0 aromatic rings. The zero-order valence-electron chi connectivity index (χ0n) is 40.3. The third-order valence-corrected chi connectivity index (χ3v) is 13.9. The van der Waals surface area contributed by atoms with Gasteiger partial charge >= 0.3 is 5.97 Å². The minimum Gasteiger partial charge on any atom is -0.412 e. The van der Waals surface area contributed by atoms with Crippen LogP contribution in [0, 0.1) is 5.41 Å². The zero-order valence-corrected chi connectivity index (χ0v) is 40.3. The highest BCUT2D eigenvalue weighted by atomic mass is 16.7. The number of unbranched alkanes of at least 4 members (excludes halogenated alkanes) is 1. The van der Waals surface area contributed by atoms with Crippen LogP contribution >= 0.6 is 0 Å². The number of ether oxygens (including phenoxy) is 5. The third kappa shape index (κ3) is 16.4. The molecule has 5 fully saturated rings. The van der Waals surface area contributed by atoms with Crippen LogP contribution in [0.15, 0.2) is 0 Å². The Bertz CT molecular complexity index is 1730. The number of hydroxylamine groups is 2. The van der Waals surface area contributed by atoms with Gasteiger partial charge in [0.1, 0.15) is 73.2 Å². The van der Waals surface area contributed by atoms with E-state index in [4.69, 9.17) is 28.5 Å². The van der Waals surface area contributed by atoms with Gasteiger partial charge in [0.15, 0.2) is 12.6 Å². The van der Waals surface area contributed by atoms with E-state index in [0.29, 0.717) is 5.06 Å². The number of aliphatic hydroxyl groups excluding tert-OH is 12. The minimum atomic E-state index is -1.74. The topological polar surface area (TPSA) is 454 Å². The highest BCUT2D eigenvalue weighted by molar-refractivity contribution is 6.01. The average Bonchev–Trinajstić information content (AvgIpc) is 3.68. The quantitative estimate of drug-likeness (QED) is 0.0298. The van der Waals surface area contributed by atoms with E-state index in [1.54, 1.807) is 4.90 Å². The van der Waals surface area contributed by atoms with Gasteiger partial charge in [0, 0.05) is 71.2 Å². The number of hydrogen-bond donors (Lipinski definition) is 13. The van der Waals surface area contributed by atoms with Crippen LogP contribution in [0.1, 0.15) is 77.0 Å². The van der Waals surface area contributed by atoms with Gasteiger partial charge in [0.25, 0.3) is 11.8 Å². The van der Waals surface area contributed by atoms with Crippen LogP contribution in [0.4, 0.5) is 0 Å². The van der Waals surface area contributed by atoms with Gasteiger partial charge in [-0.05, 0) is 43.9 Å². The van der Waals surface area contributed by atoms with Crippen LogP contribution in [0.25, 0.3) is 0 Å². The van der Waals surface area contributed by atoms with Gasteiger partial charge in [-0.3, -0.25) is 24.0 Å². The van der Waals surface area contributed by atoms with Gasteiger partial charge < -0.3 is 110 Å². The maximum Gasteiger partial charge on any atom is 0.333 e. The van der Waals surface area contributed by atoms with E-state index in [1.807, 2.05) is 0 Å². The lowest BCUT2D eigenvalue weighted by atomic mass is 9.72. The van der Waals surface area contributed by atoms with Crippen LogP contribution in [0.2, 0.25) is 0 Å². The number of nitrogens with one attached hydrogen (secondary N) is 1. The summed E-state index contributed by atoms with van der Waals surface area (Å²) in [5, 5.41) is 125. The molecule has 0 aliphatic carbocycles. The van der Waals surface area contributed by atoms with E-state index >= 15 is 0 Å². The van der Waals surface area contributed by atoms with E-state index in [0.717, 1.165) is 0 Å². The van der Waals surface area contributed by atoms with Crippen LogP contribution < -0.4 is 5.32 Å². The standard InChI is InChI=1S/C44H72N4O24.H2O/c49-20-24-34(59)37(62)33(58)23(69-24)8-12-45-27(52)19-44(10-13-46(14-11-44)28(53)3-1-2-4-32(57)72-48-30(55)5-6-31(48)56)9-7-29(54)47(15-17-67-42-40(65)38(63)35(60)25(21-50)70-42)16-18-68-43-41(66)39(64)36(61)26(22-51)71-43;/h23-26,33-43,49-51,58-66H,1-22H2,(H,45,52);1H2/t23-,24+,25-,26+,33-,34+,35-,36+,37+,38+,39-,40+,41-,42+,43-;/m0./s1. The largest absolute Gasteiger partial charge is 0.412 e. The Morgan fingerprint density at radius 3 is 1.60 bits per heavy atom. The Balaban J connectivity index is 0.0000116. The van der Waals surface area contributed by atoms with E-state index in [-0.39, 0.29) is 134 Å². The van der Waals surface area contributed by atoms with Gasteiger partial charge in [-0.15, -0.1) is 5.06 Å². The van der Waals surface area contributed by atoms with Gasteiger partial charge in [0.2, 0.25) is 17.7 Å². The number of rotatable bonds is 25. The summed E-state index contributed by atoms with van der Waals surface area (Å²) in [7, 11) is 0. The van der Waals surface area contributed by atoms with Crippen LogP contribution in [0.3, 0.4) is 0 Å². The van der Waals surface area contributed by atoms with Crippen molar-refractivity contribution in [2.75, 3.05) is 65.8 Å². The molecule has 420 valence electrons. The molecule has 0 bridgehead atoms. The normalized spacial score (nSPS) is 33.5. The number of piperidine rings is 1. The lowest BCUT2D eigenvalue weighted by Crippen LogP contribution is -2.59. The summed E-state index contributed by atoms with van der Waals surface area (Å²) in [5.41, 5.74) is -0.890. The molecule has 5 aliphatic heterocycles. The van der Waals surface area contributed by atoms with Crippen LogP contribution in [-0.4, -0.2) is 275 Å². The number of aliphatic hydroxyl groups is 12. The maximum absolute atomic E-state index is 14.2. The summed E-state index contributed by atoms with van der Waals surface area (Å²) >= 11 is 0. The molecular weight excluding hydrogens is 984 g/mol. The third-order valence-electron chi connectivity index (χ3n) is 13.9. The molecule has 0 aromatic carbocycles. The SMILES string of the molecule is O.O=C(CC1(CCC(=O)N(CCO[C@H]2O[C@H](CO)[C@@H](O)[C@H](O)[C@@H]2O)CCO[C@@H]2O[C@@H](CO)[C@H](O)[C@@H](O)[C@H]2O)CCN(C(=O)CCCCC(=O)ON2C(=O)CCC2=O)CC1)NCC[C@@H]1O[C@H](CO)[C@@H](O)[C@H](O)[C@H]1O. The minimum absolute atomic E-state index is 0. The molecule has 15 N–H and O–H groups in total. The first-order valence-electron chi connectivity index (χ1n) is 24.3. The molecule has 5 saturated heterocycles. The highest BCUT2D eigenvalue weighted by Gasteiger charge is 2.47. The zero-order chi connectivity index (χ0) is 52.9. The Morgan fingerprint density at radius 1 is 0.630 bits per heavy atom. The molecule has 5 amide bonds. The molecule has 29 nitrogen and oxygen atoms in total. The van der Waals surface area contributed by atoms with E-state index in [1.165, 1.54) is 4.90 Å². The fraction of sp³-hybridized carbons (Fsp3) is 0.864. The van der Waals surface area contributed by atoms with Crippen LogP contribution in [0.5, 0.6) is 0 Å². The molecule has 5 aliphatic rings. The van der Waals surface area contributed by atoms with Gasteiger partial charge in [0.05, 0.1) is 39.1 Å². The fourth-order valence-electron chi connectivity index (χ4n) is 9.29. The lowest BCUT2D eigenvalue weighted by molar-refractivity contribution is -0.303. The second-order valence-electron chi connectivity index (χ2n) is 18.8. The van der Waals surface area contributed by atoms with Crippen molar-refractivity contribution < 1.29 is 124 Å². The Kier molecular flexibility index (Phi) is 24.6. The summed E-state index contributed by atoms with van der Waals surface area (Å²) < 4.78 is 27.7. The summed E-state index contributed by atoms with van der Waals surface area (Å²) in [4.78, 5) is 84.7. The summed E-state index contributed by atoms with van der Waals surface area (Å²) in [6, 6.07) is 0. The molecule has 0 unspecified atom stereocenters. The van der Waals surface area contributed by atoms with Crippen molar-refractivity contribution in [3.63, 3.8) is 0 Å². The number of nitrogens with zero attached hydrogens (tertiary/aromatic N) is 3. The summed E-state index contributed by atoms with van der Waals surface area (Å²) in [5.74, 6) is -3.24. The molecule has 73 heavy (non-hydrogen) atoms. The molecule has 0 saturated carbocycles. The number of imide groups is 1. The predicted molar refractivity (Wildman–Crippen MR) is 239 cm³/mol. The number of carbonyl (C=O) groups excluding carboxylic acids is 6. The van der Waals surface area contributed by atoms with Gasteiger partial charge in [-0.1, -0.05) is 0 Å². The molecule has 0 spiro atoms. The second kappa shape index (κ2) is 29.0. The van der Waals surface area contributed by atoms with Crippen molar-refractivity contribution in [1.82, 2.24) is 20.2 Å². The maximum atomic E-state index is 14.2. The lowest BCUT2D eigenvalue weighted by Gasteiger charge is -2.42. The molecule has 15 atom stereocenters. The monoisotopic (exact) mass is 1060 g/mol. The first-order valence-corrected chi connectivity index (χ1v) is 24.3. The molecular formula is C44H74N4O25. The highest BCUT2D eigenvalue weighted by Crippen LogP contribution is 2.40. The van der Waals surface area contributed by atoms with Gasteiger partial charge in [-0.2, -0.15) is 0 Å². The number of carbonyl (C=O) groups is 6. The molecule has 29 heteroatoms.